The van der Waals surface area contributed by atoms with E-state index in [1.165, 1.54) is 4.90 Å². The number of hydrogen-bond donors (Lipinski definition) is 1. The van der Waals surface area contributed by atoms with Crippen molar-refractivity contribution in [2.24, 2.45) is 5.92 Å². The molecule has 1 N–H and O–H groups in total. The molecule has 0 bridgehead atoms. The van der Waals surface area contributed by atoms with Gasteiger partial charge >= 0.3 is 5.97 Å². The fourth-order valence-corrected chi connectivity index (χ4v) is 2.44. The maximum atomic E-state index is 12.1. The largest absolute Gasteiger partial charge is 0.480 e. The smallest absolute Gasteiger partial charge is 0.323 e. The van der Waals surface area contributed by atoms with E-state index in [-0.39, 0.29) is 18.4 Å². The zero-order valence-corrected chi connectivity index (χ0v) is 13.4. The second kappa shape index (κ2) is 8.04. The van der Waals surface area contributed by atoms with E-state index in [9.17, 15) is 9.59 Å². The summed E-state index contributed by atoms with van der Waals surface area (Å²) in [5, 5.41) is 8.87. The highest BCUT2D eigenvalue weighted by Crippen LogP contribution is 2.18. The fourth-order valence-electron chi connectivity index (χ4n) is 1.96. The summed E-state index contributed by atoms with van der Waals surface area (Å²) in [4.78, 5) is 24.4. The molecule has 0 unspecified atom stereocenters. The molecule has 5 heteroatoms. The van der Waals surface area contributed by atoms with Crippen LogP contribution in [-0.2, 0) is 16.0 Å². The summed E-state index contributed by atoms with van der Waals surface area (Å²) < 4.78 is 0.974. The van der Waals surface area contributed by atoms with Crippen molar-refractivity contribution in [2.75, 3.05) is 13.1 Å². The van der Waals surface area contributed by atoms with Gasteiger partial charge in [0.2, 0.25) is 5.91 Å². The number of nitrogens with zero attached hydrogens (tertiary/aromatic N) is 1. The Morgan fingerprint density at radius 2 is 1.95 bits per heavy atom. The number of carbonyl (C=O) groups excluding carboxylic acids is 1. The Bertz CT molecular complexity index is 474. The summed E-state index contributed by atoms with van der Waals surface area (Å²) in [6.45, 7) is 4.18. The van der Waals surface area contributed by atoms with Crippen molar-refractivity contribution >= 4 is 27.8 Å². The number of carboxylic acids is 1. The maximum Gasteiger partial charge on any atom is 0.323 e. The number of hydrogen-bond acceptors (Lipinski definition) is 2. The average Bonchev–Trinajstić information content (AvgIpc) is 2.35. The number of rotatable bonds is 7. The van der Waals surface area contributed by atoms with Gasteiger partial charge in [-0.05, 0) is 24.0 Å². The lowest BCUT2D eigenvalue weighted by Crippen LogP contribution is -2.38. The van der Waals surface area contributed by atoms with E-state index in [0.29, 0.717) is 19.4 Å². The van der Waals surface area contributed by atoms with Gasteiger partial charge in [0.1, 0.15) is 6.54 Å². The molecule has 20 heavy (non-hydrogen) atoms. The molecule has 0 aliphatic rings. The molecular weight excluding hydrogens is 322 g/mol. The molecule has 0 atom stereocenters. The number of aliphatic carboxylic acids is 1. The summed E-state index contributed by atoms with van der Waals surface area (Å²) in [5.41, 5.74) is 1.06. The minimum Gasteiger partial charge on any atom is -0.480 e. The second-order valence-corrected chi connectivity index (χ2v) is 6.01. The highest BCUT2D eigenvalue weighted by molar-refractivity contribution is 9.10. The van der Waals surface area contributed by atoms with Crippen LogP contribution < -0.4 is 0 Å². The van der Waals surface area contributed by atoms with Gasteiger partial charge in [0.15, 0.2) is 0 Å². The van der Waals surface area contributed by atoms with E-state index in [1.54, 1.807) is 0 Å². The standard InChI is InChI=1S/C15H20BrNO3/c1-11(2)9-17(10-15(19)20)14(18)8-7-12-5-3-4-6-13(12)16/h3-6,11H,7-10H2,1-2H3,(H,19,20). The van der Waals surface area contributed by atoms with Gasteiger partial charge in [-0.2, -0.15) is 0 Å². The van der Waals surface area contributed by atoms with Crippen molar-refractivity contribution in [3.8, 4) is 0 Å². The molecule has 0 aliphatic carbocycles. The number of amides is 1. The van der Waals surface area contributed by atoms with Gasteiger partial charge in [0, 0.05) is 17.4 Å². The van der Waals surface area contributed by atoms with E-state index in [4.69, 9.17) is 5.11 Å². The Kier molecular flexibility index (Phi) is 6.71. The Hall–Kier alpha value is -1.36. The van der Waals surface area contributed by atoms with Crippen LogP contribution in [0, 0.1) is 5.92 Å². The lowest BCUT2D eigenvalue weighted by molar-refractivity contribution is -0.144. The number of aryl methyl sites for hydroxylation is 1. The van der Waals surface area contributed by atoms with E-state index in [1.807, 2.05) is 38.1 Å². The molecule has 0 saturated heterocycles. The predicted octanol–water partition coefficient (Wildman–Crippen LogP) is 2.95. The van der Waals surface area contributed by atoms with Crippen LogP contribution in [0.2, 0.25) is 0 Å². The average molecular weight is 342 g/mol. The lowest BCUT2D eigenvalue weighted by atomic mass is 10.1. The van der Waals surface area contributed by atoms with Crippen LogP contribution in [0.4, 0.5) is 0 Å². The topological polar surface area (TPSA) is 57.6 Å². The Morgan fingerprint density at radius 3 is 2.50 bits per heavy atom. The van der Waals surface area contributed by atoms with Crippen molar-refractivity contribution in [3.63, 3.8) is 0 Å². The molecule has 0 spiro atoms. The minimum absolute atomic E-state index is 0.114. The summed E-state index contributed by atoms with van der Waals surface area (Å²) in [6, 6.07) is 7.74. The SMILES string of the molecule is CC(C)CN(CC(=O)O)C(=O)CCc1ccccc1Br. The van der Waals surface area contributed by atoms with E-state index >= 15 is 0 Å². The van der Waals surface area contributed by atoms with Gasteiger partial charge in [-0.3, -0.25) is 9.59 Å². The van der Waals surface area contributed by atoms with Gasteiger partial charge in [-0.15, -0.1) is 0 Å². The maximum absolute atomic E-state index is 12.1. The highest BCUT2D eigenvalue weighted by Gasteiger charge is 2.17. The molecule has 0 radical (unpaired) electrons. The molecule has 0 aromatic heterocycles. The van der Waals surface area contributed by atoms with E-state index in [2.05, 4.69) is 15.9 Å². The fraction of sp³-hybridized carbons (Fsp3) is 0.467. The zero-order valence-electron chi connectivity index (χ0n) is 11.8. The van der Waals surface area contributed by atoms with Gasteiger partial charge < -0.3 is 10.0 Å². The van der Waals surface area contributed by atoms with E-state index in [0.717, 1.165) is 10.0 Å². The van der Waals surface area contributed by atoms with Gasteiger partial charge in [0.25, 0.3) is 0 Å². The first-order valence-electron chi connectivity index (χ1n) is 6.63. The van der Waals surface area contributed by atoms with Gasteiger partial charge in [-0.1, -0.05) is 48.0 Å². The van der Waals surface area contributed by atoms with Gasteiger partial charge in [-0.25, -0.2) is 0 Å². The first kappa shape index (κ1) is 16.7. The Balaban J connectivity index is 2.62. The molecule has 0 aliphatic heterocycles. The van der Waals surface area contributed by atoms with Crippen LogP contribution in [0.15, 0.2) is 28.7 Å². The molecule has 0 heterocycles. The van der Waals surface area contributed by atoms with Crippen molar-refractivity contribution in [3.05, 3.63) is 34.3 Å². The van der Waals surface area contributed by atoms with Crippen LogP contribution >= 0.6 is 15.9 Å². The van der Waals surface area contributed by atoms with Crippen LogP contribution in [-0.4, -0.2) is 35.0 Å². The first-order chi connectivity index (χ1) is 9.40. The minimum atomic E-state index is -0.972. The Labute approximate surface area is 127 Å². The summed E-state index contributed by atoms with van der Waals surface area (Å²) >= 11 is 3.45. The molecule has 1 rings (SSSR count). The summed E-state index contributed by atoms with van der Waals surface area (Å²) in [6.07, 6.45) is 0.928. The molecule has 1 amide bonds. The van der Waals surface area contributed by atoms with Gasteiger partial charge in [0.05, 0.1) is 0 Å². The first-order valence-corrected chi connectivity index (χ1v) is 7.42. The Morgan fingerprint density at radius 1 is 1.30 bits per heavy atom. The van der Waals surface area contributed by atoms with Crippen LogP contribution in [0.25, 0.3) is 0 Å². The molecular formula is C15H20BrNO3. The molecule has 1 aromatic carbocycles. The van der Waals surface area contributed by atoms with Crippen molar-refractivity contribution in [2.45, 2.75) is 26.7 Å². The quantitative estimate of drug-likeness (QED) is 0.829. The third kappa shape index (κ3) is 5.74. The molecule has 0 fully saturated rings. The van der Waals surface area contributed by atoms with E-state index < -0.39 is 5.97 Å². The van der Waals surface area contributed by atoms with Crippen molar-refractivity contribution in [1.82, 2.24) is 4.90 Å². The molecule has 0 saturated carbocycles. The van der Waals surface area contributed by atoms with Crippen LogP contribution in [0.1, 0.15) is 25.8 Å². The normalized spacial score (nSPS) is 10.6. The third-order valence-electron chi connectivity index (χ3n) is 2.83. The predicted molar refractivity (Wildman–Crippen MR) is 81.5 cm³/mol. The third-order valence-corrected chi connectivity index (χ3v) is 3.60. The number of carboxylic acid groups (broad SMARTS) is 1. The number of benzene rings is 1. The number of carbonyl (C=O) groups is 2. The molecule has 1 aromatic rings. The monoisotopic (exact) mass is 341 g/mol. The lowest BCUT2D eigenvalue weighted by Gasteiger charge is -2.22. The summed E-state index contributed by atoms with van der Waals surface area (Å²) in [5.74, 6) is -0.835. The summed E-state index contributed by atoms with van der Waals surface area (Å²) in [7, 11) is 0. The van der Waals surface area contributed by atoms with Crippen molar-refractivity contribution in [1.29, 1.82) is 0 Å². The second-order valence-electron chi connectivity index (χ2n) is 5.15. The zero-order chi connectivity index (χ0) is 15.1. The highest BCUT2D eigenvalue weighted by atomic mass is 79.9. The molecule has 4 nitrogen and oxygen atoms in total. The van der Waals surface area contributed by atoms with Crippen LogP contribution in [0.5, 0.6) is 0 Å². The van der Waals surface area contributed by atoms with Crippen LogP contribution in [0.3, 0.4) is 0 Å². The molecule has 110 valence electrons. The van der Waals surface area contributed by atoms with Crippen molar-refractivity contribution < 1.29 is 14.7 Å². The number of halogens is 1.